The molecule has 1 heterocycles. The number of ether oxygens (including phenoxy) is 1. The van der Waals surface area contributed by atoms with E-state index in [-0.39, 0.29) is 16.4 Å². The van der Waals surface area contributed by atoms with Crippen molar-refractivity contribution < 1.29 is 18.7 Å². The second kappa shape index (κ2) is 7.39. The first-order valence-corrected chi connectivity index (χ1v) is 7.21. The minimum absolute atomic E-state index is 0.00676. The highest BCUT2D eigenvalue weighted by atomic mass is 35.5. The van der Waals surface area contributed by atoms with Crippen LogP contribution in [-0.4, -0.2) is 23.0 Å². The summed E-state index contributed by atoms with van der Waals surface area (Å²) in [5.41, 5.74) is 0.00676. The second-order valence-corrected chi connectivity index (χ2v) is 5.37. The van der Waals surface area contributed by atoms with Crippen LogP contribution in [0.25, 0.3) is 0 Å². The SMILES string of the molecule is C[C@H](OC(=O)c1cccc(F)c1)C(=O)Nc1ncc(Cl)cc1Cl. The monoisotopic (exact) mass is 356 g/mol. The number of hydrogen-bond acceptors (Lipinski definition) is 4. The Hall–Kier alpha value is -2.18. The molecule has 2 aromatic rings. The zero-order valence-electron chi connectivity index (χ0n) is 11.8. The quantitative estimate of drug-likeness (QED) is 0.847. The van der Waals surface area contributed by atoms with E-state index in [0.29, 0.717) is 5.02 Å². The molecule has 2 rings (SSSR count). The Balaban J connectivity index is 2.01. The van der Waals surface area contributed by atoms with Gasteiger partial charge in [-0.1, -0.05) is 29.3 Å². The van der Waals surface area contributed by atoms with Crippen LogP contribution < -0.4 is 5.32 Å². The van der Waals surface area contributed by atoms with E-state index >= 15 is 0 Å². The molecule has 1 N–H and O–H groups in total. The Morgan fingerprint density at radius 3 is 2.70 bits per heavy atom. The zero-order valence-corrected chi connectivity index (χ0v) is 13.4. The van der Waals surface area contributed by atoms with Gasteiger partial charge in [-0.05, 0) is 31.2 Å². The summed E-state index contributed by atoms with van der Waals surface area (Å²) in [7, 11) is 0. The Bertz CT molecular complexity index is 755. The van der Waals surface area contributed by atoms with Crippen molar-refractivity contribution in [2.24, 2.45) is 0 Å². The molecule has 0 spiro atoms. The highest BCUT2D eigenvalue weighted by Gasteiger charge is 2.20. The molecule has 0 radical (unpaired) electrons. The number of hydrogen-bond donors (Lipinski definition) is 1. The van der Waals surface area contributed by atoms with Crippen LogP contribution in [0.4, 0.5) is 10.2 Å². The van der Waals surface area contributed by atoms with Crippen molar-refractivity contribution in [3.63, 3.8) is 0 Å². The van der Waals surface area contributed by atoms with Crippen LogP contribution in [0, 0.1) is 5.82 Å². The largest absolute Gasteiger partial charge is 0.449 e. The van der Waals surface area contributed by atoms with E-state index in [0.717, 1.165) is 6.07 Å². The lowest BCUT2D eigenvalue weighted by Gasteiger charge is -2.13. The van der Waals surface area contributed by atoms with Crippen LogP contribution in [-0.2, 0) is 9.53 Å². The van der Waals surface area contributed by atoms with Crippen LogP contribution in [0.15, 0.2) is 36.5 Å². The molecule has 120 valence electrons. The molecule has 5 nitrogen and oxygen atoms in total. The van der Waals surface area contributed by atoms with Crippen molar-refractivity contribution in [2.75, 3.05) is 5.32 Å². The van der Waals surface area contributed by atoms with Gasteiger partial charge in [0.05, 0.1) is 15.6 Å². The molecular weight excluding hydrogens is 346 g/mol. The lowest BCUT2D eigenvalue weighted by molar-refractivity contribution is -0.123. The van der Waals surface area contributed by atoms with Gasteiger partial charge in [0.2, 0.25) is 0 Å². The van der Waals surface area contributed by atoms with Gasteiger partial charge < -0.3 is 10.1 Å². The molecule has 0 bridgehead atoms. The van der Waals surface area contributed by atoms with Gasteiger partial charge in [0.1, 0.15) is 5.82 Å². The third-order valence-corrected chi connectivity index (χ3v) is 3.26. The fraction of sp³-hybridized carbons (Fsp3) is 0.133. The first-order chi connectivity index (χ1) is 10.9. The van der Waals surface area contributed by atoms with E-state index in [1.807, 2.05) is 0 Å². The third kappa shape index (κ3) is 4.64. The van der Waals surface area contributed by atoms with Crippen LogP contribution >= 0.6 is 23.2 Å². The number of rotatable bonds is 4. The molecule has 23 heavy (non-hydrogen) atoms. The molecule has 8 heteroatoms. The standard InChI is InChI=1S/C15H11Cl2FN2O3/c1-8(23-15(22)9-3-2-4-11(18)5-9)14(21)20-13-12(17)6-10(16)7-19-13/h2-8H,1H3,(H,19,20,21)/t8-/m0/s1. The number of benzene rings is 1. The Labute approximate surface area is 141 Å². The van der Waals surface area contributed by atoms with Crippen LogP contribution in [0.1, 0.15) is 17.3 Å². The maximum absolute atomic E-state index is 13.1. The first kappa shape index (κ1) is 17.2. The summed E-state index contributed by atoms with van der Waals surface area (Å²) in [4.78, 5) is 27.7. The van der Waals surface area contributed by atoms with Gasteiger partial charge in [-0.3, -0.25) is 4.79 Å². The van der Waals surface area contributed by atoms with Crippen molar-refractivity contribution >= 4 is 40.9 Å². The topological polar surface area (TPSA) is 68.3 Å². The fourth-order valence-corrected chi connectivity index (χ4v) is 2.05. The van der Waals surface area contributed by atoms with E-state index < -0.39 is 23.8 Å². The average molecular weight is 357 g/mol. The summed E-state index contributed by atoms with van der Waals surface area (Å²) in [6.07, 6.45) is 0.186. The van der Waals surface area contributed by atoms with Gasteiger partial charge in [-0.25, -0.2) is 14.2 Å². The minimum Gasteiger partial charge on any atom is -0.449 e. The van der Waals surface area contributed by atoms with Crippen LogP contribution in [0.3, 0.4) is 0 Å². The normalized spacial score (nSPS) is 11.7. The summed E-state index contributed by atoms with van der Waals surface area (Å²) in [6.45, 7) is 1.37. The molecule has 0 saturated heterocycles. The van der Waals surface area contributed by atoms with Crippen molar-refractivity contribution in [1.82, 2.24) is 4.98 Å². The van der Waals surface area contributed by atoms with Gasteiger partial charge in [-0.15, -0.1) is 0 Å². The van der Waals surface area contributed by atoms with E-state index in [1.165, 1.54) is 37.4 Å². The number of anilines is 1. The summed E-state index contributed by atoms with van der Waals surface area (Å²) in [5, 5.41) is 2.88. The number of nitrogens with one attached hydrogen (secondary N) is 1. The number of halogens is 3. The maximum atomic E-state index is 13.1. The van der Waals surface area contributed by atoms with Crippen molar-refractivity contribution in [2.45, 2.75) is 13.0 Å². The van der Waals surface area contributed by atoms with Gasteiger partial charge in [0.15, 0.2) is 11.9 Å². The van der Waals surface area contributed by atoms with E-state index in [9.17, 15) is 14.0 Å². The summed E-state index contributed by atoms with van der Waals surface area (Å²) >= 11 is 11.6. The van der Waals surface area contributed by atoms with Gasteiger partial charge in [0, 0.05) is 6.20 Å². The van der Waals surface area contributed by atoms with Crippen LogP contribution in [0.5, 0.6) is 0 Å². The first-order valence-electron chi connectivity index (χ1n) is 6.45. The lowest BCUT2D eigenvalue weighted by Crippen LogP contribution is -2.30. The van der Waals surface area contributed by atoms with Crippen LogP contribution in [0.2, 0.25) is 10.0 Å². The van der Waals surface area contributed by atoms with Gasteiger partial charge in [-0.2, -0.15) is 0 Å². The van der Waals surface area contributed by atoms with E-state index in [1.54, 1.807) is 0 Å². The maximum Gasteiger partial charge on any atom is 0.339 e. The Kier molecular flexibility index (Phi) is 5.52. The number of carbonyl (C=O) groups is 2. The number of nitrogens with zero attached hydrogens (tertiary/aromatic N) is 1. The van der Waals surface area contributed by atoms with Gasteiger partial charge >= 0.3 is 5.97 Å². The molecule has 1 atom stereocenters. The summed E-state index contributed by atoms with van der Waals surface area (Å²) < 4.78 is 18.0. The average Bonchev–Trinajstić information content (AvgIpc) is 2.49. The molecule has 0 aliphatic carbocycles. The van der Waals surface area contributed by atoms with E-state index in [2.05, 4.69) is 10.3 Å². The highest BCUT2D eigenvalue weighted by Crippen LogP contribution is 2.22. The molecule has 1 aromatic heterocycles. The number of carbonyl (C=O) groups excluding carboxylic acids is 2. The molecular formula is C15H11Cl2FN2O3. The number of pyridine rings is 1. The molecule has 0 aliphatic rings. The van der Waals surface area contributed by atoms with Crippen molar-refractivity contribution in [3.8, 4) is 0 Å². The second-order valence-electron chi connectivity index (χ2n) is 4.53. The molecule has 0 saturated carbocycles. The predicted molar refractivity (Wildman–Crippen MR) is 84.2 cm³/mol. The molecule has 1 aromatic carbocycles. The Morgan fingerprint density at radius 2 is 2.04 bits per heavy atom. The number of aromatic nitrogens is 1. The zero-order chi connectivity index (χ0) is 17.0. The summed E-state index contributed by atoms with van der Waals surface area (Å²) in [6, 6.07) is 6.38. The molecule has 0 fully saturated rings. The predicted octanol–water partition coefficient (Wildman–Crippen LogP) is 3.71. The molecule has 1 amide bonds. The van der Waals surface area contributed by atoms with E-state index in [4.69, 9.17) is 27.9 Å². The van der Waals surface area contributed by atoms with Crippen molar-refractivity contribution in [3.05, 3.63) is 58.0 Å². The minimum atomic E-state index is -1.13. The highest BCUT2D eigenvalue weighted by molar-refractivity contribution is 6.36. The number of amides is 1. The Morgan fingerprint density at radius 1 is 1.30 bits per heavy atom. The lowest BCUT2D eigenvalue weighted by atomic mass is 10.2. The number of esters is 1. The fourth-order valence-electron chi connectivity index (χ4n) is 1.62. The molecule has 0 aliphatic heterocycles. The smallest absolute Gasteiger partial charge is 0.339 e. The van der Waals surface area contributed by atoms with Gasteiger partial charge in [0.25, 0.3) is 5.91 Å². The third-order valence-electron chi connectivity index (χ3n) is 2.76. The molecule has 0 unspecified atom stereocenters. The van der Waals surface area contributed by atoms with Crippen molar-refractivity contribution in [1.29, 1.82) is 0 Å². The summed E-state index contributed by atoms with van der Waals surface area (Å²) in [5.74, 6) is -1.93.